The molecule has 0 aliphatic heterocycles. The first kappa shape index (κ1) is 28.9. The molecule has 2 N–H and O–H groups in total. The van der Waals surface area contributed by atoms with Crippen molar-refractivity contribution in [3.05, 3.63) is 85.0 Å². The molecule has 0 aliphatic carbocycles. The zero-order valence-corrected chi connectivity index (χ0v) is 19.0. The Labute approximate surface area is 214 Å². The molecule has 2 rings (SSSR count). The van der Waals surface area contributed by atoms with Crippen LogP contribution in [0, 0.1) is 60.7 Å². The number of nitro groups is 6. The average molecular weight is 546 g/mol. The van der Waals surface area contributed by atoms with Gasteiger partial charge in [-0.3, -0.25) is 60.7 Å². The van der Waals surface area contributed by atoms with Crippen molar-refractivity contribution < 1.29 is 39.8 Å². The number of phenols is 2. The summed E-state index contributed by atoms with van der Waals surface area (Å²) in [5.41, 5.74) is -6.00. The van der Waals surface area contributed by atoms with Crippen molar-refractivity contribution in [2.45, 2.75) is 0 Å². The Balaban J connectivity index is 0.000000602. The number of nitro benzene ring substituents is 6. The topological polar surface area (TPSA) is 299 Å². The molecule has 0 aromatic heterocycles. The third-order valence-electron chi connectivity index (χ3n) is 3.32. The molecule has 21 heteroatoms. The molecule has 0 saturated carbocycles. The van der Waals surface area contributed by atoms with Gasteiger partial charge in [0.25, 0.3) is 22.9 Å². The van der Waals surface area contributed by atoms with E-state index in [0.29, 0.717) is 24.3 Å². The van der Waals surface area contributed by atoms with E-state index in [0.717, 1.165) is 0 Å². The van der Waals surface area contributed by atoms with E-state index in [1.807, 2.05) is 0 Å². The fourth-order valence-electron chi connectivity index (χ4n) is 1.95. The molecule has 0 aliphatic rings. The fourth-order valence-corrected chi connectivity index (χ4v) is 1.95. The van der Waals surface area contributed by atoms with Crippen molar-refractivity contribution in [1.82, 2.24) is 0 Å². The average Bonchev–Trinajstić information content (AvgIpc) is 2.67. The molecule has 2 aromatic rings. The maximum absolute atomic E-state index is 10.4. The molecule has 0 atom stereocenters. The molecule has 0 unspecified atom stereocenters. The monoisotopic (exact) mass is 546 g/mol. The van der Waals surface area contributed by atoms with E-state index in [2.05, 4.69) is 0 Å². The summed E-state index contributed by atoms with van der Waals surface area (Å²) in [5.74, 6) is -2.42. The van der Waals surface area contributed by atoms with Gasteiger partial charge in [0.15, 0.2) is 0 Å². The Morgan fingerprint density at radius 2 is 0.636 bits per heavy atom. The molecule has 0 spiro atoms. The quantitative estimate of drug-likeness (QED) is 0.297. The number of non-ortho nitro benzene ring substituents is 2. The molecule has 0 bridgehead atoms. The minimum absolute atomic E-state index is 0. The second-order valence-corrected chi connectivity index (χ2v) is 5.21. The first-order valence-corrected chi connectivity index (χ1v) is 7.29. The van der Waals surface area contributed by atoms with E-state index in [4.69, 9.17) is 10.2 Å². The normalized spacial score (nSPS) is 9.45. The number of rotatable bonds is 6. The largest absolute Gasteiger partial charge is 0.497 e. The Hall–Kier alpha value is -4.08. The van der Waals surface area contributed by atoms with Crippen molar-refractivity contribution in [2.24, 2.45) is 0 Å². The van der Waals surface area contributed by atoms with Crippen LogP contribution in [0.15, 0.2) is 24.3 Å². The Morgan fingerprint density at radius 1 is 0.455 bits per heavy atom. The van der Waals surface area contributed by atoms with Crippen LogP contribution in [0.4, 0.5) is 34.1 Å². The smallest absolute Gasteiger partial charge is 0.324 e. The van der Waals surface area contributed by atoms with Crippen LogP contribution < -0.4 is 0 Å². The number of phenolic OH excluding ortho intramolecular Hbond substituents is 2. The van der Waals surface area contributed by atoms with Crippen LogP contribution in [0.1, 0.15) is 0 Å². The van der Waals surface area contributed by atoms with Crippen LogP contribution in [-0.2, 0) is 0 Å². The standard InChI is InChI=1S/2C6H3N3O7.Sr/c2*10-6-4(8(13)14)1-3(7(11)12)2-5(6)9(15)16;/h2*1-2,10H;. The van der Waals surface area contributed by atoms with Gasteiger partial charge < -0.3 is 10.2 Å². The first-order valence-electron chi connectivity index (χ1n) is 7.29. The molecule has 33 heavy (non-hydrogen) atoms. The summed E-state index contributed by atoms with van der Waals surface area (Å²) in [6.45, 7) is 0. The van der Waals surface area contributed by atoms with Crippen molar-refractivity contribution in [3.8, 4) is 11.5 Å². The molecular weight excluding hydrogens is 540 g/mol. The molecule has 2 aromatic carbocycles. The number of nitrogens with zero attached hydrogens (tertiary/aromatic N) is 6. The SMILES string of the molecule is O=[N+]([O-])c1cc([N+](=O)[O-])c(O)c([N+](=O)[O-])c1.O=[N+]([O-])c1cc([N+](=O)[O-])c(O)c([N+](=O)[O-])c1.[Sr]. The molecule has 2 radical (unpaired) electrons. The summed E-state index contributed by atoms with van der Waals surface area (Å²) in [4.78, 5) is 55.5. The number of hydrogen-bond acceptors (Lipinski definition) is 14. The molecular formula is C12H6N6O14Sr. The maximum atomic E-state index is 10.4. The fraction of sp³-hybridized carbons (Fsp3) is 0. The molecule has 0 fully saturated rings. The predicted octanol–water partition coefficient (Wildman–Crippen LogP) is 1.85. The summed E-state index contributed by atoms with van der Waals surface area (Å²) in [6, 6.07) is 1.79. The zero-order chi connectivity index (χ0) is 24.9. The second kappa shape index (κ2) is 11.5. The van der Waals surface area contributed by atoms with Crippen LogP contribution >= 0.6 is 0 Å². The van der Waals surface area contributed by atoms with Crippen LogP contribution in [0.5, 0.6) is 11.5 Å². The summed E-state index contributed by atoms with van der Waals surface area (Å²) in [5, 5.41) is 80.4. The van der Waals surface area contributed by atoms with Gasteiger partial charge in [-0.25, -0.2) is 0 Å². The predicted molar refractivity (Wildman–Crippen MR) is 102 cm³/mol. The number of benzene rings is 2. The van der Waals surface area contributed by atoms with Gasteiger partial charge in [-0.1, -0.05) is 0 Å². The van der Waals surface area contributed by atoms with Gasteiger partial charge >= 0.3 is 22.7 Å². The summed E-state index contributed by atoms with van der Waals surface area (Å²) < 4.78 is 0. The van der Waals surface area contributed by atoms with E-state index in [1.165, 1.54) is 0 Å². The van der Waals surface area contributed by atoms with Gasteiger partial charge in [0.1, 0.15) is 0 Å². The Kier molecular flexibility index (Phi) is 10.1. The van der Waals surface area contributed by atoms with Crippen LogP contribution in [-0.4, -0.2) is 85.2 Å². The van der Waals surface area contributed by atoms with Gasteiger partial charge in [-0.2, -0.15) is 0 Å². The Bertz CT molecular complexity index is 1020. The zero-order valence-electron chi connectivity index (χ0n) is 15.5. The van der Waals surface area contributed by atoms with Gasteiger partial charge in [0.2, 0.25) is 0 Å². The van der Waals surface area contributed by atoms with E-state index in [9.17, 15) is 60.7 Å². The minimum Gasteiger partial charge on any atom is -0.497 e. The maximum Gasteiger partial charge on any atom is 0.324 e. The third-order valence-corrected chi connectivity index (χ3v) is 3.32. The van der Waals surface area contributed by atoms with Gasteiger partial charge in [0.05, 0.1) is 53.8 Å². The first-order chi connectivity index (χ1) is 14.7. The third kappa shape index (κ3) is 6.96. The molecule has 0 saturated heterocycles. The van der Waals surface area contributed by atoms with Gasteiger partial charge in [-0.15, -0.1) is 0 Å². The van der Waals surface area contributed by atoms with Crippen LogP contribution in [0.3, 0.4) is 0 Å². The number of aromatic hydroxyl groups is 2. The van der Waals surface area contributed by atoms with E-state index in [-0.39, 0.29) is 45.5 Å². The number of hydrogen-bond donors (Lipinski definition) is 2. The molecule has 170 valence electrons. The van der Waals surface area contributed by atoms with Crippen molar-refractivity contribution in [2.75, 3.05) is 0 Å². The van der Waals surface area contributed by atoms with Gasteiger partial charge in [0, 0.05) is 45.5 Å². The molecule has 0 amide bonds. The van der Waals surface area contributed by atoms with E-state index < -0.39 is 75.2 Å². The van der Waals surface area contributed by atoms with E-state index >= 15 is 0 Å². The van der Waals surface area contributed by atoms with Gasteiger partial charge in [-0.05, 0) is 0 Å². The Morgan fingerprint density at radius 3 is 0.758 bits per heavy atom. The van der Waals surface area contributed by atoms with Crippen molar-refractivity contribution >= 4 is 79.6 Å². The van der Waals surface area contributed by atoms with Crippen molar-refractivity contribution in [1.29, 1.82) is 0 Å². The molecule has 20 nitrogen and oxygen atoms in total. The minimum atomic E-state index is -1.21. The summed E-state index contributed by atoms with van der Waals surface area (Å²) >= 11 is 0. The summed E-state index contributed by atoms with van der Waals surface area (Å²) in [6.07, 6.45) is 0. The van der Waals surface area contributed by atoms with Crippen LogP contribution in [0.2, 0.25) is 0 Å². The van der Waals surface area contributed by atoms with Crippen molar-refractivity contribution in [3.63, 3.8) is 0 Å². The summed E-state index contributed by atoms with van der Waals surface area (Å²) in [7, 11) is 0. The second-order valence-electron chi connectivity index (χ2n) is 5.21. The van der Waals surface area contributed by atoms with E-state index in [1.54, 1.807) is 0 Å². The molecule has 0 heterocycles. The van der Waals surface area contributed by atoms with Crippen LogP contribution in [0.25, 0.3) is 0 Å².